The molecule has 4 N–H and O–H groups in total. The molecule has 0 unspecified atom stereocenters. The molecule has 0 radical (unpaired) electrons. The number of rotatable bonds is 7. The number of hydrogen-bond donors (Lipinski definition) is 2. The number of carbonyl (C=O) groups is 1. The second-order valence-electron chi connectivity index (χ2n) is 4.49. The summed E-state index contributed by atoms with van der Waals surface area (Å²) in [5.41, 5.74) is 11.1. The summed E-state index contributed by atoms with van der Waals surface area (Å²) in [6, 6.07) is 5.18. The van der Waals surface area contributed by atoms with Crippen LogP contribution in [-0.2, 0) is 4.79 Å². The van der Waals surface area contributed by atoms with E-state index in [-0.39, 0.29) is 18.5 Å². The minimum absolute atomic E-state index is 0.0610. The van der Waals surface area contributed by atoms with Crippen LogP contribution in [0.3, 0.4) is 0 Å². The first-order valence-corrected chi connectivity index (χ1v) is 6.65. The number of likely N-dealkylation sites (N-methyl/N-ethyl adjacent to an activating group) is 1. The van der Waals surface area contributed by atoms with Gasteiger partial charge < -0.3 is 25.8 Å². The average Bonchev–Trinajstić information content (AvgIpc) is 2.46. The first kappa shape index (κ1) is 17.3. The van der Waals surface area contributed by atoms with Crippen molar-refractivity contribution in [2.24, 2.45) is 21.7 Å². The SMILES string of the molecule is CCOc1cc(/C=N\N=C(N)N)ccc1OCC(=O)N(C)C. The van der Waals surface area contributed by atoms with Crippen molar-refractivity contribution in [2.45, 2.75) is 6.92 Å². The molecule has 0 atom stereocenters. The Balaban J connectivity index is 2.87. The van der Waals surface area contributed by atoms with Crippen molar-refractivity contribution in [3.8, 4) is 11.5 Å². The topological polar surface area (TPSA) is 116 Å². The molecule has 0 saturated carbocycles. The van der Waals surface area contributed by atoms with Gasteiger partial charge in [-0.2, -0.15) is 5.10 Å². The van der Waals surface area contributed by atoms with E-state index in [9.17, 15) is 4.79 Å². The van der Waals surface area contributed by atoms with E-state index < -0.39 is 0 Å². The second-order valence-corrected chi connectivity index (χ2v) is 4.49. The molecule has 1 amide bonds. The van der Waals surface area contributed by atoms with Gasteiger partial charge in [0.15, 0.2) is 18.1 Å². The number of benzene rings is 1. The fraction of sp³-hybridized carbons (Fsp3) is 0.357. The van der Waals surface area contributed by atoms with Crippen molar-refractivity contribution < 1.29 is 14.3 Å². The van der Waals surface area contributed by atoms with E-state index in [1.165, 1.54) is 11.1 Å². The lowest BCUT2D eigenvalue weighted by molar-refractivity contribution is -0.130. The quantitative estimate of drug-likeness (QED) is 0.423. The highest BCUT2D eigenvalue weighted by atomic mass is 16.5. The predicted molar refractivity (Wildman–Crippen MR) is 85.2 cm³/mol. The van der Waals surface area contributed by atoms with Crippen molar-refractivity contribution in [3.05, 3.63) is 23.8 Å². The Morgan fingerprint density at radius 2 is 2.00 bits per heavy atom. The summed E-state index contributed by atoms with van der Waals surface area (Å²) in [5, 5.41) is 7.24. The van der Waals surface area contributed by atoms with E-state index in [0.717, 1.165) is 5.56 Å². The van der Waals surface area contributed by atoms with E-state index in [1.807, 2.05) is 6.92 Å². The van der Waals surface area contributed by atoms with Crippen molar-refractivity contribution in [1.82, 2.24) is 4.90 Å². The molecule has 1 aromatic rings. The molecule has 120 valence electrons. The first-order valence-electron chi connectivity index (χ1n) is 6.65. The molecule has 0 aromatic heterocycles. The molecule has 0 spiro atoms. The molecule has 22 heavy (non-hydrogen) atoms. The van der Waals surface area contributed by atoms with Crippen LogP contribution in [0.5, 0.6) is 11.5 Å². The zero-order valence-corrected chi connectivity index (χ0v) is 12.9. The van der Waals surface area contributed by atoms with E-state index >= 15 is 0 Å². The summed E-state index contributed by atoms with van der Waals surface area (Å²) < 4.78 is 11.0. The van der Waals surface area contributed by atoms with E-state index in [2.05, 4.69) is 10.2 Å². The highest BCUT2D eigenvalue weighted by Crippen LogP contribution is 2.28. The third-order valence-corrected chi connectivity index (χ3v) is 2.50. The van der Waals surface area contributed by atoms with Crippen LogP contribution in [-0.4, -0.2) is 50.3 Å². The molecule has 8 heteroatoms. The number of amides is 1. The summed E-state index contributed by atoms with van der Waals surface area (Å²) >= 11 is 0. The lowest BCUT2D eigenvalue weighted by atomic mass is 10.2. The molecular weight excluding hydrogens is 286 g/mol. The van der Waals surface area contributed by atoms with Crippen LogP contribution in [0.2, 0.25) is 0 Å². The Hall–Kier alpha value is -2.77. The van der Waals surface area contributed by atoms with Gasteiger partial charge in [-0.3, -0.25) is 4.79 Å². The Labute approximate surface area is 129 Å². The van der Waals surface area contributed by atoms with Gasteiger partial charge in [0.1, 0.15) is 0 Å². The maximum atomic E-state index is 11.6. The van der Waals surface area contributed by atoms with Crippen LogP contribution in [0, 0.1) is 0 Å². The summed E-state index contributed by atoms with van der Waals surface area (Å²) in [6.45, 7) is 2.26. The molecule has 0 aliphatic heterocycles. The molecule has 8 nitrogen and oxygen atoms in total. The molecular formula is C14H21N5O3. The minimum Gasteiger partial charge on any atom is -0.490 e. The van der Waals surface area contributed by atoms with Crippen LogP contribution < -0.4 is 20.9 Å². The number of nitrogens with two attached hydrogens (primary N) is 2. The fourth-order valence-corrected chi connectivity index (χ4v) is 1.42. The van der Waals surface area contributed by atoms with Gasteiger partial charge in [-0.15, -0.1) is 5.10 Å². The Morgan fingerprint density at radius 3 is 2.59 bits per heavy atom. The van der Waals surface area contributed by atoms with E-state index in [4.69, 9.17) is 20.9 Å². The van der Waals surface area contributed by atoms with Crippen LogP contribution in [0.4, 0.5) is 0 Å². The molecule has 0 aliphatic carbocycles. The standard InChI is InChI=1S/C14H21N5O3/c1-4-21-12-7-10(8-17-18-14(15)16)5-6-11(12)22-9-13(20)19(2)3/h5-8H,4,9H2,1-3H3,(H4,15,16,18)/b17-8-. The van der Waals surface area contributed by atoms with Gasteiger partial charge >= 0.3 is 0 Å². The zero-order valence-electron chi connectivity index (χ0n) is 12.9. The zero-order chi connectivity index (χ0) is 16.5. The van der Waals surface area contributed by atoms with Crippen molar-refractivity contribution >= 4 is 18.1 Å². The lowest BCUT2D eigenvalue weighted by Crippen LogP contribution is -2.27. The largest absolute Gasteiger partial charge is 0.490 e. The Bertz CT molecular complexity index is 566. The van der Waals surface area contributed by atoms with Crippen molar-refractivity contribution in [3.63, 3.8) is 0 Å². The van der Waals surface area contributed by atoms with Crippen LogP contribution in [0.15, 0.2) is 28.4 Å². The van der Waals surface area contributed by atoms with E-state index in [1.54, 1.807) is 32.3 Å². The smallest absolute Gasteiger partial charge is 0.259 e. The highest BCUT2D eigenvalue weighted by molar-refractivity contribution is 5.82. The summed E-state index contributed by atoms with van der Waals surface area (Å²) in [5.74, 6) is 0.739. The predicted octanol–water partition coefficient (Wildman–Crippen LogP) is 0.160. The third kappa shape index (κ3) is 5.70. The van der Waals surface area contributed by atoms with Gasteiger partial charge in [-0.1, -0.05) is 0 Å². The maximum absolute atomic E-state index is 11.6. The molecule has 0 bridgehead atoms. The summed E-state index contributed by atoms with van der Waals surface area (Å²) in [4.78, 5) is 13.0. The molecule has 0 aliphatic rings. The van der Waals surface area contributed by atoms with Gasteiger partial charge in [-0.05, 0) is 30.7 Å². The fourth-order valence-electron chi connectivity index (χ4n) is 1.42. The summed E-state index contributed by atoms with van der Waals surface area (Å²) in [6.07, 6.45) is 1.48. The number of guanidine groups is 1. The number of carbonyl (C=O) groups excluding carboxylic acids is 1. The second kappa shape index (κ2) is 8.50. The number of ether oxygens (including phenoxy) is 2. The van der Waals surface area contributed by atoms with E-state index in [0.29, 0.717) is 18.1 Å². The molecule has 0 fully saturated rings. The van der Waals surface area contributed by atoms with Gasteiger partial charge in [-0.25, -0.2) is 0 Å². The van der Waals surface area contributed by atoms with Crippen molar-refractivity contribution in [1.29, 1.82) is 0 Å². The summed E-state index contributed by atoms with van der Waals surface area (Å²) in [7, 11) is 3.33. The third-order valence-electron chi connectivity index (χ3n) is 2.50. The number of hydrogen-bond acceptors (Lipinski definition) is 5. The first-order chi connectivity index (χ1) is 10.4. The van der Waals surface area contributed by atoms with Gasteiger partial charge in [0.2, 0.25) is 5.96 Å². The van der Waals surface area contributed by atoms with Crippen LogP contribution in [0.25, 0.3) is 0 Å². The van der Waals surface area contributed by atoms with Crippen molar-refractivity contribution in [2.75, 3.05) is 27.3 Å². The monoisotopic (exact) mass is 307 g/mol. The maximum Gasteiger partial charge on any atom is 0.259 e. The number of nitrogens with zero attached hydrogens (tertiary/aromatic N) is 3. The van der Waals surface area contributed by atoms with Crippen LogP contribution in [0.1, 0.15) is 12.5 Å². The van der Waals surface area contributed by atoms with Crippen LogP contribution >= 0.6 is 0 Å². The Morgan fingerprint density at radius 1 is 1.27 bits per heavy atom. The van der Waals surface area contributed by atoms with Gasteiger partial charge in [0, 0.05) is 14.1 Å². The minimum atomic E-state index is -0.138. The highest BCUT2D eigenvalue weighted by Gasteiger charge is 2.09. The molecule has 0 heterocycles. The lowest BCUT2D eigenvalue weighted by Gasteiger charge is -2.14. The normalized spacial score (nSPS) is 10.3. The van der Waals surface area contributed by atoms with Gasteiger partial charge in [0.25, 0.3) is 5.91 Å². The molecule has 1 rings (SSSR count). The molecule has 1 aromatic carbocycles. The average molecular weight is 307 g/mol. The molecule has 0 saturated heterocycles. The van der Waals surface area contributed by atoms with Gasteiger partial charge in [0.05, 0.1) is 12.8 Å². The Kier molecular flexibility index (Phi) is 6.68.